The van der Waals surface area contributed by atoms with Crippen molar-refractivity contribution in [3.8, 4) is 0 Å². The van der Waals surface area contributed by atoms with Gasteiger partial charge in [-0.05, 0) is 30.5 Å². The van der Waals surface area contributed by atoms with Crippen LogP contribution in [0.5, 0.6) is 0 Å². The molecule has 0 aliphatic carbocycles. The first kappa shape index (κ1) is 14.9. The van der Waals surface area contributed by atoms with E-state index in [1.807, 2.05) is 13.0 Å². The molecule has 0 aliphatic heterocycles. The molecule has 0 saturated heterocycles. The monoisotopic (exact) mass is 268 g/mol. The summed E-state index contributed by atoms with van der Waals surface area (Å²) in [7, 11) is -3.19. The van der Waals surface area contributed by atoms with Gasteiger partial charge in [0.1, 0.15) is 0 Å². The fourth-order valence-corrected chi connectivity index (χ4v) is 2.34. The van der Waals surface area contributed by atoms with Gasteiger partial charge < -0.3 is 0 Å². The maximum absolute atomic E-state index is 11.5. The SMILES string of the molecule is C=C(CC)CC(NN)c1cccc(S(C)(=O)=O)c1. The van der Waals surface area contributed by atoms with Crippen molar-refractivity contribution in [2.45, 2.75) is 30.7 Å². The number of nitrogens with two attached hydrogens (primary N) is 1. The normalized spacial score (nSPS) is 13.3. The molecule has 0 aromatic heterocycles. The smallest absolute Gasteiger partial charge is 0.175 e. The van der Waals surface area contributed by atoms with E-state index in [0.717, 1.165) is 17.6 Å². The zero-order valence-corrected chi connectivity index (χ0v) is 11.6. The molecule has 0 fully saturated rings. The van der Waals surface area contributed by atoms with E-state index in [1.165, 1.54) is 6.26 Å². The molecule has 1 aromatic rings. The van der Waals surface area contributed by atoms with Gasteiger partial charge in [0.05, 0.1) is 4.90 Å². The molecule has 0 radical (unpaired) electrons. The Morgan fingerprint density at radius 1 is 1.50 bits per heavy atom. The van der Waals surface area contributed by atoms with Crippen molar-refractivity contribution in [3.05, 3.63) is 42.0 Å². The molecule has 100 valence electrons. The van der Waals surface area contributed by atoms with E-state index >= 15 is 0 Å². The average molecular weight is 268 g/mol. The highest BCUT2D eigenvalue weighted by Crippen LogP contribution is 2.23. The molecule has 5 heteroatoms. The van der Waals surface area contributed by atoms with Crippen LogP contribution in [0.4, 0.5) is 0 Å². The van der Waals surface area contributed by atoms with Gasteiger partial charge >= 0.3 is 0 Å². The Labute approximate surface area is 109 Å². The lowest BCUT2D eigenvalue weighted by molar-refractivity contribution is 0.543. The third kappa shape index (κ3) is 3.94. The number of hydrazine groups is 1. The Morgan fingerprint density at radius 2 is 2.17 bits per heavy atom. The molecule has 4 nitrogen and oxygen atoms in total. The van der Waals surface area contributed by atoms with E-state index in [4.69, 9.17) is 5.84 Å². The van der Waals surface area contributed by atoms with Gasteiger partial charge in [-0.15, -0.1) is 0 Å². The number of hydrogen-bond donors (Lipinski definition) is 2. The fourth-order valence-electron chi connectivity index (χ4n) is 1.67. The second-order valence-corrected chi connectivity index (χ2v) is 6.39. The summed E-state index contributed by atoms with van der Waals surface area (Å²) in [5, 5.41) is 0. The zero-order chi connectivity index (χ0) is 13.8. The third-order valence-electron chi connectivity index (χ3n) is 2.88. The summed E-state index contributed by atoms with van der Waals surface area (Å²) in [6.07, 6.45) is 2.77. The molecule has 0 saturated carbocycles. The van der Waals surface area contributed by atoms with Crippen LogP contribution in [0.3, 0.4) is 0 Å². The summed E-state index contributed by atoms with van der Waals surface area (Å²) < 4.78 is 23.0. The van der Waals surface area contributed by atoms with E-state index < -0.39 is 9.84 Å². The standard InChI is InChI=1S/C13H20N2O2S/c1-4-10(2)8-13(15-14)11-6-5-7-12(9-11)18(3,16)17/h5-7,9,13,15H,2,4,8,14H2,1,3H3. The van der Waals surface area contributed by atoms with Crippen molar-refractivity contribution in [2.24, 2.45) is 5.84 Å². The van der Waals surface area contributed by atoms with Crippen LogP contribution in [-0.4, -0.2) is 14.7 Å². The maximum Gasteiger partial charge on any atom is 0.175 e. The Hall–Kier alpha value is -1.17. The van der Waals surface area contributed by atoms with Gasteiger partial charge in [0.15, 0.2) is 9.84 Å². The van der Waals surface area contributed by atoms with Crippen LogP contribution in [0, 0.1) is 0 Å². The summed E-state index contributed by atoms with van der Waals surface area (Å²) in [5.74, 6) is 5.53. The lowest BCUT2D eigenvalue weighted by Gasteiger charge is -2.17. The van der Waals surface area contributed by atoms with Crippen molar-refractivity contribution in [2.75, 3.05) is 6.26 Å². The topological polar surface area (TPSA) is 72.2 Å². The Balaban J connectivity index is 3.04. The summed E-state index contributed by atoms with van der Waals surface area (Å²) in [4.78, 5) is 0.308. The zero-order valence-electron chi connectivity index (χ0n) is 10.8. The van der Waals surface area contributed by atoms with Gasteiger partial charge in [0, 0.05) is 12.3 Å². The number of benzene rings is 1. The van der Waals surface area contributed by atoms with Gasteiger partial charge in [0.2, 0.25) is 0 Å². The molecule has 18 heavy (non-hydrogen) atoms. The van der Waals surface area contributed by atoms with Gasteiger partial charge in [-0.3, -0.25) is 11.3 Å². The minimum Gasteiger partial charge on any atom is -0.271 e. The molecular weight excluding hydrogens is 248 g/mol. The largest absolute Gasteiger partial charge is 0.271 e. The predicted octanol–water partition coefficient (Wildman–Crippen LogP) is 1.95. The summed E-state index contributed by atoms with van der Waals surface area (Å²) >= 11 is 0. The molecule has 0 amide bonds. The molecule has 1 atom stereocenters. The third-order valence-corrected chi connectivity index (χ3v) is 3.99. The van der Waals surface area contributed by atoms with Crippen molar-refractivity contribution in [1.29, 1.82) is 0 Å². The van der Waals surface area contributed by atoms with Gasteiger partial charge in [-0.25, -0.2) is 8.42 Å². The van der Waals surface area contributed by atoms with Gasteiger partial charge in [-0.1, -0.05) is 31.2 Å². The molecule has 0 aliphatic rings. The number of hydrogen-bond acceptors (Lipinski definition) is 4. The van der Waals surface area contributed by atoms with Crippen molar-refractivity contribution >= 4 is 9.84 Å². The van der Waals surface area contributed by atoms with Crippen LogP contribution >= 0.6 is 0 Å². The Morgan fingerprint density at radius 3 is 2.67 bits per heavy atom. The molecule has 1 aromatic carbocycles. The number of sulfone groups is 1. The quantitative estimate of drug-likeness (QED) is 0.470. The van der Waals surface area contributed by atoms with Crippen LogP contribution in [0.1, 0.15) is 31.4 Å². The van der Waals surface area contributed by atoms with Crippen molar-refractivity contribution < 1.29 is 8.42 Å². The van der Waals surface area contributed by atoms with Gasteiger partial charge in [0.25, 0.3) is 0 Å². The number of rotatable bonds is 6. The molecular formula is C13H20N2O2S. The van der Waals surface area contributed by atoms with E-state index in [1.54, 1.807) is 18.2 Å². The molecule has 0 spiro atoms. The molecule has 0 heterocycles. The maximum atomic E-state index is 11.5. The fraction of sp³-hybridized carbons (Fsp3) is 0.385. The van der Waals surface area contributed by atoms with E-state index in [9.17, 15) is 8.42 Å². The molecule has 0 bridgehead atoms. The lowest BCUT2D eigenvalue weighted by Crippen LogP contribution is -2.28. The summed E-state index contributed by atoms with van der Waals surface area (Å²) in [6, 6.07) is 6.72. The Kier molecular flexibility index (Phi) is 5.07. The predicted molar refractivity (Wildman–Crippen MR) is 73.7 cm³/mol. The molecule has 3 N–H and O–H groups in total. The minimum atomic E-state index is -3.19. The van der Waals surface area contributed by atoms with E-state index in [2.05, 4.69) is 12.0 Å². The van der Waals surface area contributed by atoms with Crippen LogP contribution in [-0.2, 0) is 9.84 Å². The van der Waals surface area contributed by atoms with Crippen molar-refractivity contribution in [1.82, 2.24) is 5.43 Å². The van der Waals surface area contributed by atoms with Crippen LogP contribution < -0.4 is 11.3 Å². The van der Waals surface area contributed by atoms with Gasteiger partial charge in [-0.2, -0.15) is 0 Å². The van der Waals surface area contributed by atoms with Crippen LogP contribution in [0.15, 0.2) is 41.3 Å². The second kappa shape index (κ2) is 6.13. The molecule has 1 unspecified atom stereocenters. The van der Waals surface area contributed by atoms with Crippen molar-refractivity contribution in [3.63, 3.8) is 0 Å². The highest BCUT2D eigenvalue weighted by Gasteiger charge is 2.14. The Bertz CT molecular complexity index is 524. The first-order valence-corrected chi connectivity index (χ1v) is 7.70. The minimum absolute atomic E-state index is 0.112. The first-order valence-electron chi connectivity index (χ1n) is 5.81. The first-order chi connectivity index (χ1) is 8.38. The second-order valence-electron chi connectivity index (χ2n) is 4.37. The summed E-state index contributed by atoms with van der Waals surface area (Å²) in [5.41, 5.74) is 4.64. The highest BCUT2D eigenvalue weighted by atomic mass is 32.2. The van der Waals surface area contributed by atoms with E-state index in [-0.39, 0.29) is 6.04 Å². The summed E-state index contributed by atoms with van der Waals surface area (Å²) in [6.45, 7) is 5.97. The highest BCUT2D eigenvalue weighted by molar-refractivity contribution is 7.90. The van der Waals surface area contributed by atoms with E-state index in [0.29, 0.717) is 11.3 Å². The van der Waals surface area contributed by atoms with Crippen LogP contribution in [0.25, 0.3) is 0 Å². The number of nitrogens with one attached hydrogen (secondary N) is 1. The molecule has 1 rings (SSSR count). The van der Waals surface area contributed by atoms with Crippen LogP contribution in [0.2, 0.25) is 0 Å². The lowest BCUT2D eigenvalue weighted by atomic mass is 9.99. The average Bonchev–Trinajstić information content (AvgIpc) is 2.34.